The first-order valence-electron chi connectivity index (χ1n) is 12.2. The molecule has 2 rings (SSSR count). The Labute approximate surface area is 196 Å². The van der Waals surface area contributed by atoms with Crippen LogP contribution in [-0.2, 0) is 0 Å². The van der Waals surface area contributed by atoms with Gasteiger partial charge in [0.25, 0.3) is 0 Å². The van der Waals surface area contributed by atoms with Gasteiger partial charge in [0.1, 0.15) is 0 Å². The van der Waals surface area contributed by atoms with E-state index < -0.39 is 0 Å². The minimum atomic E-state index is 0.217. The Bertz CT molecular complexity index is 559. The molecule has 0 saturated heterocycles. The molecule has 1 aromatic rings. The summed E-state index contributed by atoms with van der Waals surface area (Å²) in [4.78, 5) is 0. The number of benzene rings is 1. The average molecular weight is 433 g/mol. The van der Waals surface area contributed by atoms with Crippen LogP contribution in [0.5, 0.6) is 0 Å². The van der Waals surface area contributed by atoms with E-state index in [1.807, 2.05) is 13.8 Å². The van der Waals surface area contributed by atoms with Crippen LogP contribution in [-0.4, -0.2) is 6.04 Å². The molecule has 0 unspecified atom stereocenters. The summed E-state index contributed by atoms with van der Waals surface area (Å²) in [6, 6.07) is 7.03. The first-order chi connectivity index (χ1) is 14.4. The van der Waals surface area contributed by atoms with Crippen molar-refractivity contribution in [3.63, 3.8) is 0 Å². The molecule has 0 spiro atoms. The molecule has 0 bridgehead atoms. The first kappa shape index (κ1) is 34.1. The second-order valence-corrected chi connectivity index (χ2v) is 9.48. The Morgan fingerprint density at radius 1 is 1.13 bits per heavy atom. The van der Waals surface area contributed by atoms with E-state index in [4.69, 9.17) is 5.73 Å². The minimum absolute atomic E-state index is 0.217. The molecule has 1 aliphatic rings. The Morgan fingerprint density at radius 2 is 1.58 bits per heavy atom. The molecule has 0 radical (unpaired) electrons. The molecule has 3 N–H and O–H groups in total. The van der Waals surface area contributed by atoms with Gasteiger partial charge in [-0.25, -0.2) is 0 Å². The quantitative estimate of drug-likeness (QED) is 0.467. The van der Waals surface area contributed by atoms with Crippen molar-refractivity contribution in [2.24, 2.45) is 17.1 Å². The lowest BCUT2D eigenvalue weighted by Gasteiger charge is -2.16. The number of hydrogen-bond donors (Lipinski definition) is 2. The highest BCUT2D eigenvalue weighted by atomic mass is 14.9. The molecule has 182 valence electrons. The van der Waals surface area contributed by atoms with Crippen LogP contribution in [0.1, 0.15) is 106 Å². The topological polar surface area (TPSA) is 38.0 Å². The zero-order valence-electron chi connectivity index (χ0n) is 23.0. The van der Waals surface area contributed by atoms with Gasteiger partial charge in [-0.1, -0.05) is 92.9 Å². The second kappa shape index (κ2) is 20.4. The number of rotatable bonds is 3. The SMILES string of the molecule is C/C(=C/C(C)(C)C)Nc1cc(C)ccc1C.C=C.CC.CCC(C)C.NC1CCCC1. The Kier molecular flexibility index (Phi) is 22.4. The maximum absolute atomic E-state index is 5.53. The van der Waals surface area contributed by atoms with E-state index in [2.05, 4.69) is 105 Å². The van der Waals surface area contributed by atoms with Gasteiger partial charge in [-0.3, -0.25) is 0 Å². The first-order valence-corrected chi connectivity index (χ1v) is 12.2. The third-order valence-electron chi connectivity index (χ3n) is 4.59. The molecule has 0 heterocycles. The number of nitrogens with one attached hydrogen (secondary N) is 1. The average Bonchev–Trinajstić information content (AvgIpc) is 3.18. The van der Waals surface area contributed by atoms with Crippen LogP contribution in [0.25, 0.3) is 0 Å². The second-order valence-electron chi connectivity index (χ2n) is 9.48. The third kappa shape index (κ3) is 23.0. The third-order valence-corrected chi connectivity index (χ3v) is 4.59. The number of aryl methyl sites for hydroxylation is 2. The predicted octanol–water partition coefficient (Wildman–Crippen LogP) is 9.43. The summed E-state index contributed by atoms with van der Waals surface area (Å²) in [5, 5.41) is 3.47. The van der Waals surface area contributed by atoms with Gasteiger partial charge >= 0.3 is 0 Å². The highest BCUT2D eigenvalue weighted by Gasteiger charge is 2.08. The fourth-order valence-corrected chi connectivity index (χ4v) is 2.73. The van der Waals surface area contributed by atoms with Crippen LogP contribution in [0.4, 0.5) is 5.69 Å². The summed E-state index contributed by atoms with van der Waals surface area (Å²) in [6.45, 7) is 29.6. The number of anilines is 1. The van der Waals surface area contributed by atoms with Crippen LogP contribution >= 0.6 is 0 Å². The molecule has 2 nitrogen and oxygen atoms in total. The summed E-state index contributed by atoms with van der Waals surface area (Å²) in [5.41, 5.74) is 10.7. The van der Waals surface area contributed by atoms with Crippen molar-refractivity contribution in [3.8, 4) is 0 Å². The van der Waals surface area contributed by atoms with E-state index in [1.165, 1.54) is 54.6 Å². The van der Waals surface area contributed by atoms with Gasteiger partial charge < -0.3 is 11.1 Å². The smallest absolute Gasteiger partial charge is 0.0414 e. The van der Waals surface area contributed by atoms with E-state index in [0.29, 0.717) is 6.04 Å². The largest absolute Gasteiger partial charge is 0.359 e. The standard InChI is InChI=1S/C15H23N.C5H11N.C5H12.C2H6.C2H4/c1-11-7-8-12(2)14(9-11)16-13(3)10-15(4,5)6;6-5-3-1-2-4-5;1-4-5(2)3;2*1-2/h7-10,16H,1-6H3;5H,1-4,6H2;5H,4H2,1-3H3;1-2H3;1-2H2/b13-10-;;;;. The predicted molar refractivity (Wildman–Crippen MR) is 147 cm³/mol. The van der Waals surface area contributed by atoms with E-state index in [1.54, 1.807) is 0 Å². The van der Waals surface area contributed by atoms with E-state index in [-0.39, 0.29) is 5.41 Å². The molecule has 0 atom stereocenters. The zero-order chi connectivity index (χ0) is 25.0. The lowest BCUT2D eigenvalue weighted by molar-refractivity contribution is 0.540. The molecule has 1 aromatic carbocycles. The minimum Gasteiger partial charge on any atom is -0.359 e. The molecular formula is C29H56N2. The molecule has 1 saturated carbocycles. The van der Waals surface area contributed by atoms with Crippen molar-refractivity contribution in [1.29, 1.82) is 0 Å². The van der Waals surface area contributed by atoms with Crippen LogP contribution < -0.4 is 11.1 Å². The Hall–Kier alpha value is -1.54. The van der Waals surface area contributed by atoms with Gasteiger partial charge in [-0.15, -0.1) is 13.2 Å². The van der Waals surface area contributed by atoms with Gasteiger partial charge in [0, 0.05) is 17.4 Å². The zero-order valence-corrected chi connectivity index (χ0v) is 23.0. The van der Waals surface area contributed by atoms with Gasteiger partial charge in [-0.2, -0.15) is 0 Å². The Balaban J connectivity index is -0.000000428. The van der Waals surface area contributed by atoms with E-state index >= 15 is 0 Å². The highest BCUT2D eigenvalue weighted by Crippen LogP contribution is 2.21. The summed E-state index contributed by atoms with van der Waals surface area (Å²) >= 11 is 0. The monoisotopic (exact) mass is 432 g/mol. The molecule has 1 fully saturated rings. The summed E-state index contributed by atoms with van der Waals surface area (Å²) in [7, 11) is 0. The fraction of sp³-hybridized carbons (Fsp3) is 0.655. The maximum Gasteiger partial charge on any atom is 0.0414 e. The normalized spacial score (nSPS) is 13.4. The molecule has 1 aliphatic carbocycles. The number of nitrogens with two attached hydrogens (primary N) is 1. The molecule has 2 heteroatoms. The van der Waals surface area contributed by atoms with Crippen molar-refractivity contribution in [2.45, 2.75) is 114 Å². The lowest BCUT2D eigenvalue weighted by Crippen LogP contribution is -2.13. The number of hydrogen-bond acceptors (Lipinski definition) is 2. The van der Waals surface area contributed by atoms with Crippen LogP contribution in [0, 0.1) is 25.2 Å². The summed E-state index contributed by atoms with van der Waals surface area (Å²) < 4.78 is 0. The maximum atomic E-state index is 5.53. The molecule has 0 amide bonds. The van der Waals surface area contributed by atoms with E-state index in [9.17, 15) is 0 Å². The van der Waals surface area contributed by atoms with Gasteiger partial charge in [0.15, 0.2) is 0 Å². The van der Waals surface area contributed by atoms with Crippen LogP contribution in [0.15, 0.2) is 43.1 Å². The van der Waals surface area contributed by atoms with Crippen molar-refractivity contribution >= 4 is 5.69 Å². The van der Waals surface area contributed by atoms with Gasteiger partial charge in [0.2, 0.25) is 0 Å². The lowest BCUT2D eigenvalue weighted by atomic mass is 9.95. The Morgan fingerprint density at radius 3 is 1.90 bits per heavy atom. The molecule has 0 aromatic heterocycles. The number of allylic oxidation sites excluding steroid dienone is 2. The van der Waals surface area contributed by atoms with Crippen molar-refractivity contribution in [1.82, 2.24) is 0 Å². The fourth-order valence-electron chi connectivity index (χ4n) is 2.73. The van der Waals surface area contributed by atoms with Crippen LogP contribution in [0.3, 0.4) is 0 Å². The van der Waals surface area contributed by atoms with E-state index in [0.717, 1.165) is 5.92 Å². The molecule has 31 heavy (non-hydrogen) atoms. The summed E-state index contributed by atoms with van der Waals surface area (Å²) in [5.74, 6) is 0.884. The van der Waals surface area contributed by atoms with Crippen molar-refractivity contribution in [2.75, 3.05) is 5.32 Å². The molecular weight excluding hydrogens is 376 g/mol. The van der Waals surface area contributed by atoms with Gasteiger partial charge in [0.05, 0.1) is 0 Å². The van der Waals surface area contributed by atoms with Crippen molar-refractivity contribution < 1.29 is 0 Å². The highest BCUT2D eigenvalue weighted by molar-refractivity contribution is 5.55. The van der Waals surface area contributed by atoms with Crippen molar-refractivity contribution in [3.05, 3.63) is 54.3 Å². The summed E-state index contributed by atoms with van der Waals surface area (Å²) in [6.07, 6.45) is 8.82. The van der Waals surface area contributed by atoms with Crippen LogP contribution in [0.2, 0.25) is 0 Å². The molecule has 0 aliphatic heterocycles. The van der Waals surface area contributed by atoms with Gasteiger partial charge in [-0.05, 0) is 62.1 Å².